The van der Waals surface area contributed by atoms with Crippen LogP contribution in [0.4, 0.5) is 13.2 Å². The Bertz CT molecular complexity index is 1070. The zero-order chi connectivity index (χ0) is 21.9. The van der Waals surface area contributed by atoms with Crippen LogP contribution in [-0.2, 0) is 30.6 Å². The SMILES string of the molecule is CC(C)Cn1c(-c2ccsc2)nn(CC(=O)NCc2ccccc2C(F)(F)F)c1=O. The summed E-state index contributed by atoms with van der Waals surface area (Å²) in [6, 6.07) is 6.87. The number of halogens is 3. The maximum atomic E-state index is 13.1. The van der Waals surface area contributed by atoms with E-state index in [9.17, 15) is 22.8 Å². The summed E-state index contributed by atoms with van der Waals surface area (Å²) in [4.78, 5) is 25.1. The molecule has 0 bridgehead atoms. The van der Waals surface area contributed by atoms with Gasteiger partial charge in [-0.25, -0.2) is 9.48 Å². The summed E-state index contributed by atoms with van der Waals surface area (Å²) in [5.41, 5.74) is -0.509. The van der Waals surface area contributed by atoms with Gasteiger partial charge in [0, 0.05) is 24.0 Å². The lowest BCUT2D eigenvalue weighted by Gasteiger charge is -2.13. The van der Waals surface area contributed by atoms with Gasteiger partial charge in [0.25, 0.3) is 0 Å². The smallest absolute Gasteiger partial charge is 0.350 e. The predicted octanol–water partition coefficient (Wildman–Crippen LogP) is 3.76. The van der Waals surface area contributed by atoms with Crippen LogP contribution in [0, 0.1) is 5.92 Å². The number of hydrogen-bond acceptors (Lipinski definition) is 4. The molecule has 2 aromatic heterocycles. The largest absolute Gasteiger partial charge is 0.416 e. The van der Waals surface area contributed by atoms with Crippen LogP contribution in [0.1, 0.15) is 25.0 Å². The first-order chi connectivity index (χ1) is 14.2. The highest BCUT2D eigenvalue weighted by molar-refractivity contribution is 7.08. The monoisotopic (exact) mass is 438 g/mol. The Labute approximate surface area is 175 Å². The van der Waals surface area contributed by atoms with Crippen molar-refractivity contribution < 1.29 is 18.0 Å². The van der Waals surface area contributed by atoms with Crippen molar-refractivity contribution in [2.24, 2.45) is 5.92 Å². The van der Waals surface area contributed by atoms with E-state index in [-0.39, 0.29) is 24.6 Å². The van der Waals surface area contributed by atoms with Crippen LogP contribution in [0.3, 0.4) is 0 Å². The third-order valence-electron chi connectivity index (χ3n) is 4.34. The summed E-state index contributed by atoms with van der Waals surface area (Å²) in [5.74, 6) is 0.0516. The molecule has 6 nitrogen and oxygen atoms in total. The maximum Gasteiger partial charge on any atom is 0.416 e. The quantitative estimate of drug-likeness (QED) is 0.611. The first-order valence-corrected chi connectivity index (χ1v) is 10.2. The van der Waals surface area contributed by atoms with E-state index in [1.807, 2.05) is 30.7 Å². The van der Waals surface area contributed by atoms with E-state index >= 15 is 0 Å². The zero-order valence-corrected chi connectivity index (χ0v) is 17.3. The molecule has 0 aliphatic rings. The number of amides is 1. The first-order valence-electron chi connectivity index (χ1n) is 9.29. The van der Waals surface area contributed by atoms with Gasteiger partial charge in [0.05, 0.1) is 5.56 Å². The van der Waals surface area contributed by atoms with E-state index in [0.717, 1.165) is 16.3 Å². The van der Waals surface area contributed by atoms with Crippen molar-refractivity contribution in [3.8, 4) is 11.4 Å². The molecule has 0 aliphatic heterocycles. The third-order valence-corrected chi connectivity index (χ3v) is 5.03. The Balaban J connectivity index is 1.77. The minimum Gasteiger partial charge on any atom is -0.350 e. The Morgan fingerprint density at radius 2 is 1.97 bits per heavy atom. The number of hydrogen-bond donors (Lipinski definition) is 1. The van der Waals surface area contributed by atoms with Crippen LogP contribution in [0.5, 0.6) is 0 Å². The van der Waals surface area contributed by atoms with Crippen LogP contribution in [0.15, 0.2) is 45.9 Å². The number of aromatic nitrogens is 3. The fraction of sp³-hybridized carbons (Fsp3) is 0.350. The summed E-state index contributed by atoms with van der Waals surface area (Å²) in [5, 5.41) is 10.5. The molecule has 2 heterocycles. The highest BCUT2D eigenvalue weighted by atomic mass is 32.1. The van der Waals surface area contributed by atoms with Crippen LogP contribution < -0.4 is 11.0 Å². The lowest BCUT2D eigenvalue weighted by molar-refractivity contribution is -0.138. The minimum absolute atomic E-state index is 0.0463. The van der Waals surface area contributed by atoms with Gasteiger partial charge in [-0.1, -0.05) is 32.0 Å². The molecule has 0 aliphatic carbocycles. The standard InChI is InChI=1S/C20H21F3N4O2S/c1-13(2)10-26-18(15-7-8-30-12-15)25-27(19(26)29)11-17(28)24-9-14-5-3-4-6-16(14)20(21,22)23/h3-8,12-13H,9-11H2,1-2H3,(H,24,28). The van der Waals surface area contributed by atoms with Crippen LogP contribution in [-0.4, -0.2) is 20.3 Å². The van der Waals surface area contributed by atoms with Gasteiger partial charge in [0.15, 0.2) is 5.82 Å². The van der Waals surface area contributed by atoms with Crippen molar-refractivity contribution in [1.82, 2.24) is 19.7 Å². The summed E-state index contributed by atoms with van der Waals surface area (Å²) in [6.45, 7) is 3.69. The van der Waals surface area contributed by atoms with Crippen molar-refractivity contribution in [2.75, 3.05) is 0 Å². The van der Waals surface area contributed by atoms with Gasteiger partial charge in [0.2, 0.25) is 5.91 Å². The van der Waals surface area contributed by atoms with Gasteiger partial charge >= 0.3 is 11.9 Å². The molecule has 30 heavy (non-hydrogen) atoms. The Morgan fingerprint density at radius 3 is 2.60 bits per heavy atom. The molecular weight excluding hydrogens is 417 g/mol. The zero-order valence-electron chi connectivity index (χ0n) is 16.4. The minimum atomic E-state index is -4.51. The van der Waals surface area contributed by atoms with Crippen LogP contribution in [0.25, 0.3) is 11.4 Å². The average molecular weight is 438 g/mol. The van der Waals surface area contributed by atoms with Crippen molar-refractivity contribution in [2.45, 2.75) is 39.7 Å². The molecule has 1 N–H and O–H groups in total. The molecule has 0 unspecified atom stereocenters. The van der Waals surface area contributed by atoms with Crippen molar-refractivity contribution >= 4 is 17.2 Å². The van der Waals surface area contributed by atoms with Gasteiger partial charge in [-0.15, -0.1) is 5.10 Å². The van der Waals surface area contributed by atoms with E-state index in [2.05, 4.69) is 10.4 Å². The van der Waals surface area contributed by atoms with Crippen LogP contribution >= 0.6 is 11.3 Å². The number of carbonyl (C=O) groups is 1. The van der Waals surface area contributed by atoms with E-state index < -0.39 is 23.3 Å². The van der Waals surface area contributed by atoms with Crippen molar-refractivity contribution in [3.05, 3.63) is 62.7 Å². The molecule has 0 atom stereocenters. The maximum absolute atomic E-state index is 13.1. The van der Waals surface area contributed by atoms with E-state index in [0.29, 0.717) is 12.4 Å². The fourth-order valence-electron chi connectivity index (χ4n) is 3.02. The van der Waals surface area contributed by atoms with Gasteiger partial charge < -0.3 is 5.32 Å². The number of rotatable bonds is 7. The number of thiophene rings is 1. The lowest BCUT2D eigenvalue weighted by Crippen LogP contribution is -2.34. The number of nitrogens with zero attached hydrogens (tertiary/aromatic N) is 3. The second-order valence-electron chi connectivity index (χ2n) is 7.21. The number of benzene rings is 1. The van der Waals surface area contributed by atoms with E-state index in [1.54, 1.807) is 0 Å². The summed E-state index contributed by atoms with van der Waals surface area (Å²) in [6.07, 6.45) is -4.51. The number of carbonyl (C=O) groups excluding carboxylic acids is 1. The molecule has 0 saturated heterocycles. The molecular formula is C20H21F3N4O2S. The van der Waals surface area contributed by atoms with Crippen molar-refractivity contribution in [1.29, 1.82) is 0 Å². The van der Waals surface area contributed by atoms with Gasteiger partial charge in [-0.05, 0) is 29.0 Å². The molecule has 0 fully saturated rings. The van der Waals surface area contributed by atoms with Gasteiger partial charge in [-0.2, -0.15) is 24.5 Å². The number of nitrogens with one attached hydrogen (secondary N) is 1. The number of alkyl halides is 3. The predicted molar refractivity (Wildman–Crippen MR) is 108 cm³/mol. The van der Waals surface area contributed by atoms with E-state index in [1.165, 1.54) is 34.1 Å². The Morgan fingerprint density at radius 1 is 1.23 bits per heavy atom. The first kappa shape index (κ1) is 21.8. The highest BCUT2D eigenvalue weighted by Crippen LogP contribution is 2.31. The third kappa shape index (κ3) is 4.99. The normalized spacial score (nSPS) is 11.8. The molecule has 3 aromatic rings. The van der Waals surface area contributed by atoms with Crippen LogP contribution in [0.2, 0.25) is 0 Å². The molecule has 3 rings (SSSR count). The fourth-order valence-corrected chi connectivity index (χ4v) is 3.65. The molecule has 1 aromatic carbocycles. The van der Waals surface area contributed by atoms with Gasteiger partial charge in [0.1, 0.15) is 6.54 Å². The lowest BCUT2D eigenvalue weighted by atomic mass is 10.1. The Kier molecular flexibility index (Phi) is 6.45. The second kappa shape index (κ2) is 8.86. The molecule has 10 heteroatoms. The van der Waals surface area contributed by atoms with E-state index in [4.69, 9.17) is 0 Å². The van der Waals surface area contributed by atoms with Crippen molar-refractivity contribution in [3.63, 3.8) is 0 Å². The molecule has 0 spiro atoms. The molecule has 0 saturated carbocycles. The second-order valence-corrected chi connectivity index (χ2v) is 7.99. The van der Waals surface area contributed by atoms with Gasteiger partial charge in [-0.3, -0.25) is 9.36 Å². The summed E-state index contributed by atoms with van der Waals surface area (Å²) in [7, 11) is 0. The Hall–Kier alpha value is -2.88. The summed E-state index contributed by atoms with van der Waals surface area (Å²) >= 11 is 1.46. The summed E-state index contributed by atoms with van der Waals surface area (Å²) < 4.78 is 41.8. The average Bonchev–Trinajstić information content (AvgIpc) is 3.30. The molecule has 160 valence electrons. The molecule has 1 amide bonds. The molecule has 0 radical (unpaired) electrons. The highest BCUT2D eigenvalue weighted by Gasteiger charge is 2.32. The topological polar surface area (TPSA) is 68.9 Å².